The van der Waals surface area contributed by atoms with E-state index in [0.717, 1.165) is 12.5 Å². The molecular weight excluding hydrogens is 268 g/mol. The van der Waals surface area contributed by atoms with Gasteiger partial charge in [-0.15, -0.1) is 0 Å². The maximum atomic E-state index is 11.1. The molecule has 0 aromatic heterocycles. The summed E-state index contributed by atoms with van der Waals surface area (Å²) in [5, 5.41) is 26.9. The smallest absolute Gasteiger partial charge is 0.332 e. The predicted octanol–water partition coefficient (Wildman–Crippen LogP) is -0.411. The number of esters is 1. The Bertz CT molecular complexity index is 269. The number of hydrogen-bond acceptors (Lipinski definition) is 7. The third-order valence-corrected chi connectivity index (χ3v) is 2.31. The van der Waals surface area contributed by atoms with E-state index in [1.54, 1.807) is 0 Å². The molecule has 0 saturated carbocycles. The first-order chi connectivity index (χ1) is 9.57. The zero-order valence-electron chi connectivity index (χ0n) is 11.7. The van der Waals surface area contributed by atoms with Crippen molar-refractivity contribution in [3.63, 3.8) is 0 Å². The van der Waals surface area contributed by atoms with Crippen LogP contribution in [0.4, 0.5) is 0 Å². The van der Waals surface area contributed by atoms with E-state index >= 15 is 0 Å². The summed E-state index contributed by atoms with van der Waals surface area (Å²) in [7, 11) is 0. The van der Waals surface area contributed by atoms with Gasteiger partial charge in [0.1, 0.15) is 12.2 Å². The first kappa shape index (κ1) is 19.0. The highest BCUT2D eigenvalue weighted by atomic mass is 16.7. The van der Waals surface area contributed by atoms with Gasteiger partial charge in [-0.25, -0.2) is 4.79 Å². The summed E-state index contributed by atoms with van der Waals surface area (Å²) in [4.78, 5) is 11.1. The van der Waals surface area contributed by atoms with Crippen molar-refractivity contribution in [1.29, 1.82) is 0 Å². The Hall–Kier alpha value is -0.990. The lowest BCUT2D eigenvalue weighted by Gasteiger charge is -2.23. The zero-order chi connectivity index (χ0) is 15.4. The molecule has 0 fully saturated rings. The second kappa shape index (κ2) is 11.8. The molecule has 0 spiro atoms. The van der Waals surface area contributed by atoms with Gasteiger partial charge in [-0.2, -0.15) is 0 Å². The zero-order valence-corrected chi connectivity index (χ0v) is 11.7. The average molecular weight is 292 g/mol. The molecule has 0 bridgehead atoms. The van der Waals surface area contributed by atoms with Crippen molar-refractivity contribution in [2.45, 2.75) is 38.3 Å². The van der Waals surface area contributed by atoms with E-state index in [0.29, 0.717) is 6.42 Å². The van der Waals surface area contributed by atoms with Gasteiger partial charge in [0.2, 0.25) is 6.29 Å². The highest BCUT2D eigenvalue weighted by Gasteiger charge is 2.19. The van der Waals surface area contributed by atoms with Gasteiger partial charge < -0.3 is 29.5 Å². The first-order valence-corrected chi connectivity index (χ1v) is 6.53. The fourth-order valence-electron chi connectivity index (χ4n) is 1.31. The van der Waals surface area contributed by atoms with Crippen LogP contribution < -0.4 is 0 Å². The number of aliphatic hydroxyl groups is 3. The van der Waals surface area contributed by atoms with E-state index in [4.69, 9.17) is 24.4 Å². The second-order valence-electron chi connectivity index (χ2n) is 4.17. The number of ether oxygens (including phenoxy) is 3. The van der Waals surface area contributed by atoms with E-state index in [9.17, 15) is 9.90 Å². The van der Waals surface area contributed by atoms with Crippen LogP contribution in [0.2, 0.25) is 0 Å². The van der Waals surface area contributed by atoms with Crippen LogP contribution in [0.1, 0.15) is 19.8 Å². The second-order valence-corrected chi connectivity index (χ2v) is 4.17. The number of carbonyl (C=O) groups is 1. The van der Waals surface area contributed by atoms with Crippen molar-refractivity contribution in [2.24, 2.45) is 0 Å². The van der Waals surface area contributed by atoms with Gasteiger partial charge in [-0.1, -0.05) is 19.9 Å². The molecule has 0 amide bonds. The van der Waals surface area contributed by atoms with Crippen LogP contribution in [-0.2, 0) is 19.0 Å². The Balaban J connectivity index is 4.18. The fraction of sp³-hybridized carbons (Fsp3) is 0.769. The molecular formula is C13H24O7. The first-order valence-electron chi connectivity index (χ1n) is 6.53. The summed E-state index contributed by atoms with van der Waals surface area (Å²) >= 11 is 0. The van der Waals surface area contributed by atoms with Gasteiger partial charge in [0, 0.05) is 12.5 Å². The van der Waals surface area contributed by atoms with Crippen molar-refractivity contribution in [3.8, 4) is 0 Å². The molecule has 3 atom stereocenters. The molecule has 0 aliphatic heterocycles. The van der Waals surface area contributed by atoms with E-state index < -0.39 is 31.1 Å². The SMILES string of the molecule is C=CC(=O)OC(CCC)OC(CO)COCC(O)CO. The van der Waals surface area contributed by atoms with E-state index in [1.807, 2.05) is 6.92 Å². The summed E-state index contributed by atoms with van der Waals surface area (Å²) in [6, 6.07) is 0. The Kier molecular flexibility index (Phi) is 11.2. The maximum Gasteiger partial charge on any atom is 0.332 e. The average Bonchev–Trinajstić information content (AvgIpc) is 2.45. The summed E-state index contributed by atoms with van der Waals surface area (Å²) in [6.45, 7) is 4.42. The van der Waals surface area contributed by atoms with Crippen molar-refractivity contribution < 1.29 is 34.3 Å². The summed E-state index contributed by atoms with van der Waals surface area (Å²) in [5.41, 5.74) is 0. The third kappa shape index (κ3) is 9.00. The van der Waals surface area contributed by atoms with Gasteiger partial charge in [-0.3, -0.25) is 0 Å². The molecule has 0 aromatic carbocycles. The minimum Gasteiger partial charge on any atom is -0.433 e. The highest BCUT2D eigenvalue weighted by Crippen LogP contribution is 2.09. The van der Waals surface area contributed by atoms with Crippen molar-refractivity contribution in [2.75, 3.05) is 26.4 Å². The van der Waals surface area contributed by atoms with Crippen LogP contribution in [0.5, 0.6) is 0 Å². The molecule has 0 aliphatic rings. The van der Waals surface area contributed by atoms with Gasteiger partial charge in [0.05, 0.1) is 26.4 Å². The molecule has 3 unspecified atom stereocenters. The van der Waals surface area contributed by atoms with Crippen molar-refractivity contribution in [3.05, 3.63) is 12.7 Å². The molecule has 0 aromatic rings. The van der Waals surface area contributed by atoms with Crippen LogP contribution in [0.15, 0.2) is 12.7 Å². The van der Waals surface area contributed by atoms with Crippen LogP contribution in [0.3, 0.4) is 0 Å². The van der Waals surface area contributed by atoms with Gasteiger partial charge in [0.25, 0.3) is 0 Å². The monoisotopic (exact) mass is 292 g/mol. The molecule has 0 heterocycles. The lowest BCUT2D eigenvalue weighted by atomic mass is 10.3. The molecule has 0 radical (unpaired) electrons. The molecule has 0 rings (SSSR count). The van der Waals surface area contributed by atoms with Crippen LogP contribution >= 0.6 is 0 Å². The van der Waals surface area contributed by atoms with E-state index in [1.165, 1.54) is 0 Å². The normalized spacial score (nSPS) is 15.4. The summed E-state index contributed by atoms with van der Waals surface area (Å²) < 4.78 is 15.5. The summed E-state index contributed by atoms with van der Waals surface area (Å²) in [6.07, 6.45) is -0.191. The molecule has 7 nitrogen and oxygen atoms in total. The molecule has 0 aliphatic carbocycles. The number of hydrogen-bond donors (Lipinski definition) is 3. The molecule has 3 N–H and O–H groups in total. The molecule has 0 saturated heterocycles. The van der Waals surface area contributed by atoms with E-state index in [-0.39, 0.29) is 19.8 Å². The topological polar surface area (TPSA) is 105 Å². The lowest BCUT2D eigenvalue weighted by Crippen LogP contribution is -2.33. The Morgan fingerprint density at radius 3 is 2.50 bits per heavy atom. The largest absolute Gasteiger partial charge is 0.433 e. The Morgan fingerprint density at radius 1 is 1.30 bits per heavy atom. The quantitative estimate of drug-likeness (QED) is 0.255. The standard InChI is InChI=1S/C13H24O7/c1-3-5-13(20-12(17)4-2)19-11(7-15)9-18-8-10(16)6-14/h4,10-11,13-16H,2-3,5-9H2,1H3. The Labute approximate surface area is 118 Å². The molecule has 20 heavy (non-hydrogen) atoms. The minimum atomic E-state index is -0.973. The molecule has 118 valence electrons. The third-order valence-electron chi connectivity index (χ3n) is 2.31. The van der Waals surface area contributed by atoms with Crippen LogP contribution in [-0.4, -0.2) is 66.2 Å². The van der Waals surface area contributed by atoms with E-state index in [2.05, 4.69) is 6.58 Å². The fourth-order valence-corrected chi connectivity index (χ4v) is 1.31. The Morgan fingerprint density at radius 2 is 2.00 bits per heavy atom. The maximum absolute atomic E-state index is 11.1. The van der Waals surface area contributed by atoms with Crippen LogP contribution in [0.25, 0.3) is 0 Å². The highest BCUT2D eigenvalue weighted by molar-refractivity contribution is 5.81. The number of aliphatic hydroxyl groups excluding tert-OH is 3. The molecule has 7 heteroatoms. The number of carbonyl (C=O) groups excluding carboxylic acids is 1. The lowest BCUT2D eigenvalue weighted by molar-refractivity contribution is -0.198. The predicted molar refractivity (Wildman–Crippen MR) is 70.9 cm³/mol. The van der Waals surface area contributed by atoms with Gasteiger partial charge in [-0.05, 0) is 0 Å². The summed E-state index contributed by atoms with van der Waals surface area (Å²) in [5.74, 6) is -0.600. The minimum absolute atomic E-state index is 0.0133. The van der Waals surface area contributed by atoms with Crippen molar-refractivity contribution >= 4 is 5.97 Å². The van der Waals surface area contributed by atoms with Crippen LogP contribution in [0, 0.1) is 0 Å². The number of rotatable bonds is 12. The van der Waals surface area contributed by atoms with Crippen molar-refractivity contribution in [1.82, 2.24) is 0 Å². The van der Waals surface area contributed by atoms with Gasteiger partial charge >= 0.3 is 5.97 Å². The van der Waals surface area contributed by atoms with Gasteiger partial charge in [0.15, 0.2) is 0 Å².